The fourth-order valence-electron chi connectivity index (χ4n) is 2.88. The number of nitrogens with two attached hydrogens (primary N) is 1. The highest BCUT2D eigenvalue weighted by Gasteiger charge is 2.29. The molecule has 0 heterocycles. The molecule has 1 saturated carbocycles. The summed E-state index contributed by atoms with van der Waals surface area (Å²) >= 11 is 0. The quantitative estimate of drug-likeness (QED) is 0.799. The molecule has 0 radical (unpaired) electrons. The van der Waals surface area contributed by atoms with Gasteiger partial charge in [-0.25, -0.2) is 0 Å². The van der Waals surface area contributed by atoms with Gasteiger partial charge in [0.25, 0.3) is 0 Å². The summed E-state index contributed by atoms with van der Waals surface area (Å²) in [5.74, 6) is 0.983. The van der Waals surface area contributed by atoms with Crippen molar-refractivity contribution >= 4 is 12.4 Å². The first-order chi connectivity index (χ1) is 9.13. The molecule has 0 spiro atoms. The van der Waals surface area contributed by atoms with Crippen LogP contribution in [0.5, 0.6) is 11.5 Å². The Morgan fingerprint density at radius 1 is 1.25 bits per heavy atom. The van der Waals surface area contributed by atoms with Gasteiger partial charge in [-0.05, 0) is 37.0 Å². The van der Waals surface area contributed by atoms with E-state index < -0.39 is 12.1 Å². The lowest BCUT2D eigenvalue weighted by atomic mass is 9.81. The number of hydrogen-bond acceptors (Lipinski definition) is 4. The molecular weight excluding hydrogens is 278 g/mol. The van der Waals surface area contributed by atoms with Gasteiger partial charge in [0.2, 0.25) is 0 Å². The minimum atomic E-state index is -0.613. The Hall–Kier alpha value is -0.970. The molecule has 1 aromatic carbocycles. The van der Waals surface area contributed by atoms with Crippen LogP contribution in [0.4, 0.5) is 0 Å². The van der Waals surface area contributed by atoms with Gasteiger partial charge in [-0.3, -0.25) is 0 Å². The van der Waals surface area contributed by atoms with E-state index >= 15 is 0 Å². The van der Waals surface area contributed by atoms with Crippen molar-refractivity contribution < 1.29 is 14.9 Å². The molecule has 4 N–H and O–H groups in total. The first-order valence-corrected chi connectivity index (χ1v) is 6.94. The summed E-state index contributed by atoms with van der Waals surface area (Å²) < 4.78 is 5.14. The number of aliphatic hydroxyl groups is 1. The van der Waals surface area contributed by atoms with Crippen molar-refractivity contribution in [1.82, 2.24) is 0 Å². The van der Waals surface area contributed by atoms with Crippen LogP contribution >= 0.6 is 12.4 Å². The molecule has 0 aliphatic heterocycles. The Morgan fingerprint density at radius 3 is 2.50 bits per heavy atom. The van der Waals surface area contributed by atoms with E-state index in [9.17, 15) is 10.2 Å². The van der Waals surface area contributed by atoms with Gasteiger partial charge in [-0.2, -0.15) is 0 Å². The molecule has 114 valence electrons. The molecule has 0 amide bonds. The lowest BCUT2D eigenvalue weighted by molar-refractivity contribution is 0.0610. The molecule has 5 heteroatoms. The summed E-state index contributed by atoms with van der Waals surface area (Å²) in [5, 5.41) is 20.3. The van der Waals surface area contributed by atoms with Crippen LogP contribution in [0.25, 0.3) is 0 Å². The second-order valence-electron chi connectivity index (χ2n) is 5.34. The number of methoxy groups -OCH3 is 1. The molecule has 0 unspecified atom stereocenters. The van der Waals surface area contributed by atoms with Gasteiger partial charge in [0, 0.05) is 5.56 Å². The van der Waals surface area contributed by atoms with Crippen LogP contribution in [-0.4, -0.2) is 23.4 Å². The molecular formula is C15H24ClNO3. The Kier molecular flexibility index (Phi) is 6.59. The second-order valence-corrected chi connectivity index (χ2v) is 5.34. The highest BCUT2D eigenvalue weighted by atomic mass is 35.5. The molecule has 20 heavy (non-hydrogen) atoms. The van der Waals surface area contributed by atoms with E-state index in [4.69, 9.17) is 10.5 Å². The molecule has 0 saturated heterocycles. The van der Waals surface area contributed by atoms with Crippen molar-refractivity contribution in [3.63, 3.8) is 0 Å². The molecule has 1 aromatic rings. The van der Waals surface area contributed by atoms with Crippen LogP contribution in [0.1, 0.15) is 43.7 Å². The van der Waals surface area contributed by atoms with Crippen LogP contribution in [0.15, 0.2) is 18.2 Å². The number of phenolic OH excluding ortho intramolecular Hbond substituents is 1. The number of benzene rings is 1. The van der Waals surface area contributed by atoms with Gasteiger partial charge < -0.3 is 20.7 Å². The summed E-state index contributed by atoms with van der Waals surface area (Å²) in [5.41, 5.74) is 6.68. The van der Waals surface area contributed by atoms with Gasteiger partial charge in [0.1, 0.15) is 11.5 Å². The monoisotopic (exact) mass is 301 g/mol. The number of ether oxygens (including phenoxy) is 1. The van der Waals surface area contributed by atoms with E-state index in [1.165, 1.54) is 6.42 Å². The number of rotatable bonds is 4. The van der Waals surface area contributed by atoms with Gasteiger partial charge in [-0.15, -0.1) is 12.4 Å². The highest BCUT2D eigenvalue weighted by molar-refractivity contribution is 5.85. The minimum absolute atomic E-state index is 0. The predicted octanol–water partition coefficient (Wildman–Crippen LogP) is 2.76. The average molecular weight is 302 g/mol. The number of hydrogen-bond donors (Lipinski definition) is 3. The topological polar surface area (TPSA) is 75.7 Å². The number of halogens is 1. The lowest BCUT2D eigenvalue weighted by Gasteiger charge is -2.30. The normalized spacial score (nSPS) is 18.9. The maximum absolute atomic E-state index is 10.4. The Bertz CT molecular complexity index is 422. The first kappa shape index (κ1) is 17.1. The Morgan fingerprint density at radius 2 is 1.90 bits per heavy atom. The molecule has 0 aromatic heterocycles. The fourth-order valence-corrected chi connectivity index (χ4v) is 2.88. The van der Waals surface area contributed by atoms with Crippen LogP contribution in [-0.2, 0) is 0 Å². The first-order valence-electron chi connectivity index (χ1n) is 6.94. The average Bonchev–Trinajstić information content (AvgIpc) is 2.47. The third-order valence-electron chi connectivity index (χ3n) is 4.09. The van der Waals surface area contributed by atoms with Gasteiger partial charge in [0.15, 0.2) is 0 Å². The number of aromatic hydroxyl groups is 1. The SMILES string of the molecule is COc1ccc(O)c([C@H](N)[C@H](O)C2CCCCC2)c1.Cl. The largest absolute Gasteiger partial charge is 0.508 e. The Balaban J connectivity index is 0.00000200. The van der Waals surface area contributed by atoms with E-state index in [-0.39, 0.29) is 24.1 Å². The van der Waals surface area contributed by atoms with E-state index in [1.54, 1.807) is 25.3 Å². The van der Waals surface area contributed by atoms with Gasteiger partial charge in [-0.1, -0.05) is 19.3 Å². The van der Waals surface area contributed by atoms with Crippen molar-refractivity contribution in [2.75, 3.05) is 7.11 Å². The minimum Gasteiger partial charge on any atom is -0.508 e. The van der Waals surface area contributed by atoms with E-state index in [0.29, 0.717) is 11.3 Å². The Labute approximate surface area is 126 Å². The molecule has 2 atom stereocenters. The van der Waals surface area contributed by atoms with Crippen LogP contribution in [0.3, 0.4) is 0 Å². The zero-order valence-electron chi connectivity index (χ0n) is 11.8. The summed E-state index contributed by atoms with van der Waals surface area (Å²) in [6.45, 7) is 0. The van der Waals surface area contributed by atoms with Crippen LogP contribution in [0, 0.1) is 5.92 Å². The summed E-state index contributed by atoms with van der Waals surface area (Å²) in [6.07, 6.45) is 4.96. The number of aliphatic hydroxyl groups excluding tert-OH is 1. The van der Waals surface area contributed by atoms with Gasteiger partial charge in [0.05, 0.1) is 19.3 Å². The predicted molar refractivity (Wildman–Crippen MR) is 81.4 cm³/mol. The zero-order chi connectivity index (χ0) is 13.8. The molecule has 4 nitrogen and oxygen atoms in total. The maximum atomic E-state index is 10.4. The molecule has 1 aliphatic carbocycles. The summed E-state index contributed by atoms with van der Waals surface area (Å²) in [4.78, 5) is 0. The van der Waals surface area contributed by atoms with E-state index in [1.807, 2.05) is 0 Å². The smallest absolute Gasteiger partial charge is 0.120 e. The number of phenols is 1. The lowest BCUT2D eigenvalue weighted by Crippen LogP contribution is -2.34. The zero-order valence-corrected chi connectivity index (χ0v) is 12.6. The molecule has 1 fully saturated rings. The van der Waals surface area contributed by atoms with E-state index in [0.717, 1.165) is 25.7 Å². The highest BCUT2D eigenvalue weighted by Crippen LogP contribution is 2.35. The van der Waals surface area contributed by atoms with Crippen molar-refractivity contribution in [2.45, 2.75) is 44.2 Å². The summed E-state index contributed by atoms with van der Waals surface area (Å²) in [7, 11) is 1.57. The van der Waals surface area contributed by atoms with E-state index in [2.05, 4.69) is 0 Å². The van der Waals surface area contributed by atoms with Crippen LogP contribution < -0.4 is 10.5 Å². The fraction of sp³-hybridized carbons (Fsp3) is 0.600. The second kappa shape index (κ2) is 7.72. The van der Waals surface area contributed by atoms with Crippen molar-refractivity contribution in [3.05, 3.63) is 23.8 Å². The maximum Gasteiger partial charge on any atom is 0.120 e. The molecule has 2 rings (SSSR count). The van der Waals surface area contributed by atoms with Crippen LogP contribution in [0.2, 0.25) is 0 Å². The standard InChI is InChI=1S/C15H23NO3.ClH/c1-19-11-7-8-13(17)12(9-11)14(16)15(18)10-5-3-2-4-6-10;/h7-10,14-15,17-18H,2-6,16H2,1H3;1H/t14-,15+;/m0./s1. The van der Waals surface area contributed by atoms with Crippen molar-refractivity contribution in [1.29, 1.82) is 0 Å². The summed E-state index contributed by atoms with van der Waals surface area (Å²) in [6, 6.07) is 4.37. The van der Waals surface area contributed by atoms with Crippen molar-refractivity contribution in [3.8, 4) is 11.5 Å². The molecule has 0 bridgehead atoms. The third kappa shape index (κ3) is 3.78. The molecule has 1 aliphatic rings. The van der Waals surface area contributed by atoms with Crippen molar-refractivity contribution in [2.24, 2.45) is 11.7 Å². The van der Waals surface area contributed by atoms with Gasteiger partial charge >= 0.3 is 0 Å². The third-order valence-corrected chi connectivity index (χ3v) is 4.09.